The molecule has 0 bridgehead atoms. The first-order chi connectivity index (χ1) is 7.26. The zero-order valence-corrected chi connectivity index (χ0v) is 9.06. The van der Waals surface area contributed by atoms with Gasteiger partial charge in [-0.2, -0.15) is 0 Å². The van der Waals surface area contributed by atoms with Crippen molar-refractivity contribution in [3.63, 3.8) is 0 Å². The van der Waals surface area contributed by atoms with Gasteiger partial charge in [-0.1, -0.05) is 6.58 Å². The zero-order valence-electron chi connectivity index (χ0n) is 9.06. The van der Waals surface area contributed by atoms with Crippen LogP contribution in [0.25, 0.3) is 0 Å². The molecule has 0 aliphatic carbocycles. The van der Waals surface area contributed by atoms with Crippen LogP contribution in [0.3, 0.4) is 0 Å². The fourth-order valence-electron chi connectivity index (χ4n) is 1.24. The topological polar surface area (TPSA) is 35.1 Å². The van der Waals surface area contributed by atoms with E-state index in [0.717, 1.165) is 19.5 Å². The van der Waals surface area contributed by atoms with Gasteiger partial charge in [-0.15, -0.1) is 0 Å². The molecule has 0 saturated heterocycles. The van der Waals surface area contributed by atoms with Crippen molar-refractivity contribution in [2.24, 2.45) is 0 Å². The van der Waals surface area contributed by atoms with Crippen LogP contribution in [0.2, 0.25) is 0 Å². The maximum absolute atomic E-state index is 10.7. The van der Waals surface area contributed by atoms with Gasteiger partial charge in [0.1, 0.15) is 12.4 Å². The SMILES string of the molecule is C=CC(=O)OCCC[n+]1ccn(CC)c1. The number of esters is 1. The lowest BCUT2D eigenvalue weighted by molar-refractivity contribution is -0.697. The van der Waals surface area contributed by atoms with E-state index in [1.807, 2.05) is 18.7 Å². The molecule has 0 N–H and O–H groups in total. The summed E-state index contributed by atoms with van der Waals surface area (Å²) in [7, 11) is 0. The molecule has 0 aromatic carbocycles. The Bertz CT molecular complexity index is 331. The summed E-state index contributed by atoms with van der Waals surface area (Å²) in [5.41, 5.74) is 0. The van der Waals surface area contributed by atoms with Crippen LogP contribution in [0.15, 0.2) is 31.4 Å². The summed E-state index contributed by atoms with van der Waals surface area (Å²) in [4.78, 5) is 10.7. The number of rotatable bonds is 6. The Hall–Kier alpha value is -1.58. The minimum absolute atomic E-state index is 0.355. The highest BCUT2D eigenvalue weighted by Crippen LogP contribution is 1.87. The summed E-state index contributed by atoms with van der Waals surface area (Å²) >= 11 is 0. The molecule has 4 nitrogen and oxygen atoms in total. The molecule has 0 unspecified atom stereocenters. The fourth-order valence-corrected chi connectivity index (χ4v) is 1.24. The van der Waals surface area contributed by atoms with Crippen LogP contribution in [0.1, 0.15) is 13.3 Å². The molecule has 1 heterocycles. The van der Waals surface area contributed by atoms with E-state index in [0.29, 0.717) is 6.61 Å². The highest BCUT2D eigenvalue weighted by molar-refractivity contribution is 5.81. The molecule has 15 heavy (non-hydrogen) atoms. The smallest absolute Gasteiger partial charge is 0.330 e. The highest BCUT2D eigenvalue weighted by Gasteiger charge is 2.01. The van der Waals surface area contributed by atoms with Gasteiger partial charge >= 0.3 is 5.97 Å². The number of hydrogen-bond donors (Lipinski definition) is 0. The molecule has 0 saturated carbocycles. The number of aryl methyl sites for hydroxylation is 2. The van der Waals surface area contributed by atoms with Crippen molar-refractivity contribution in [3.05, 3.63) is 31.4 Å². The molecular formula is C11H17N2O2+. The van der Waals surface area contributed by atoms with E-state index in [9.17, 15) is 4.79 Å². The van der Waals surface area contributed by atoms with Gasteiger partial charge in [0.15, 0.2) is 0 Å². The molecule has 82 valence electrons. The maximum atomic E-state index is 10.7. The summed E-state index contributed by atoms with van der Waals surface area (Å²) in [5, 5.41) is 0. The Balaban J connectivity index is 2.20. The molecule has 1 rings (SSSR count). The Labute approximate surface area is 89.8 Å². The van der Waals surface area contributed by atoms with Gasteiger partial charge < -0.3 is 4.74 Å². The first-order valence-electron chi connectivity index (χ1n) is 5.10. The minimum atomic E-state index is -0.355. The van der Waals surface area contributed by atoms with Crippen LogP contribution in [0.5, 0.6) is 0 Å². The van der Waals surface area contributed by atoms with Crippen molar-refractivity contribution < 1.29 is 14.1 Å². The fraction of sp³-hybridized carbons (Fsp3) is 0.455. The minimum Gasteiger partial charge on any atom is -0.462 e. The van der Waals surface area contributed by atoms with Crippen LogP contribution in [-0.2, 0) is 22.6 Å². The molecule has 0 atom stereocenters. The third kappa shape index (κ3) is 3.97. The van der Waals surface area contributed by atoms with Crippen molar-refractivity contribution in [2.45, 2.75) is 26.4 Å². The van der Waals surface area contributed by atoms with Crippen LogP contribution >= 0.6 is 0 Å². The van der Waals surface area contributed by atoms with Crippen molar-refractivity contribution in [1.82, 2.24) is 4.57 Å². The highest BCUT2D eigenvalue weighted by atomic mass is 16.5. The average Bonchev–Trinajstić information content (AvgIpc) is 2.72. The third-order valence-corrected chi connectivity index (χ3v) is 2.08. The Morgan fingerprint density at radius 1 is 1.67 bits per heavy atom. The number of carbonyl (C=O) groups is 1. The predicted molar refractivity (Wildman–Crippen MR) is 56.1 cm³/mol. The van der Waals surface area contributed by atoms with E-state index in [2.05, 4.69) is 22.6 Å². The summed E-state index contributed by atoms with van der Waals surface area (Å²) in [6.07, 6.45) is 8.07. The number of hydrogen-bond acceptors (Lipinski definition) is 2. The van der Waals surface area contributed by atoms with Crippen LogP contribution in [-0.4, -0.2) is 17.1 Å². The van der Waals surface area contributed by atoms with Crippen LogP contribution in [0.4, 0.5) is 0 Å². The quantitative estimate of drug-likeness (QED) is 0.302. The normalized spacial score (nSPS) is 9.93. The van der Waals surface area contributed by atoms with E-state index in [-0.39, 0.29) is 5.97 Å². The van der Waals surface area contributed by atoms with Crippen LogP contribution in [0, 0.1) is 0 Å². The lowest BCUT2D eigenvalue weighted by Gasteiger charge is -1.99. The summed E-state index contributed by atoms with van der Waals surface area (Å²) in [6, 6.07) is 0. The Morgan fingerprint density at radius 3 is 3.07 bits per heavy atom. The average molecular weight is 209 g/mol. The zero-order chi connectivity index (χ0) is 11.1. The lowest BCUT2D eigenvalue weighted by Crippen LogP contribution is -2.31. The van der Waals surface area contributed by atoms with Gasteiger partial charge in [0.2, 0.25) is 6.33 Å². The second-order valence-corrected chi connectivity index (χ2v) is 3.21. The molecule has 1 aromatic heterocycles. The molecule has 1 aromatic rings. The number of aromatic nitrogens is 2. The van der Waals surface area contributed by atoms with Gasteiger partial charge in [0.25, 0.3) is 0 Å². The summed E-state index contributed by atoms with van der Waals surface area (Å²) < 4.78 is 9.04. The summed E-state index contributed by atoms with van der Waals surface area (Å²) in [6.45, 7) is 7.69. The van der Waals surface area contributed by atoms with Gasteiger partial charge in [0, 0.05) is 12.5 Å². The molecule has 4 heteroatoms. The predicted octanol–water partition coefficient (Wildman–Crippen LogP) is 0.915. The van der Waals surface area contributed by atoms with Gasteiger partial charge in [-0.25, -0.2) is 13.9 Å². The summed E-state index contributed by atoms with van der Waals surface area (Å²) in [5.74, 6) is -0.355. The molecule has 0 fully saturated rings. The second kappa shape index (κ2) is 6.01. The van der Waals surface area contributed by atoms with E-state index < -0.39 is 0 Å². The Morgan fingerprint density at radius 2 is 2.47 bits per heavy atom. The van der Waals surface area contributed by atoms with Crippen LogP contribution < -0.4 is 4.57 Å². The number of carbonyl (C=O) groups excluding carboxylic acids is 1. The Kier molecular flexibility index (Phi) is 4.60. The molecule has 0 radical (unpaired) electrons. The monoisotopic (exact) mass is 209 g/mol. The van der Waals surface area contributed by atoms with Crippen molar-refractivity contribution in [2.75, 3.05) is 6.61 Å². The molecule has 0 spiro atoms. The molecule has 0 aliphatic rings. The molecule has 0 aliphatic heterocycles. The standard InChI is InChI=1S/C11H17N2O2/c1-3-11(14)15-9-5-6-13-8-7-12(4-2)10-13/h3,7-8,10H,1,4-6,9H2,2H3/q+1. The van der Waals surface area contributed by atoms with Gasteiger partial charge in [0.05, 0.1) is 19.7 Å². The number of nitrogens with zero attached hydrogens (tertiary/aromatic N) is 2. The first-order valence-corrected chi connectivity index (χ1v) is 5.10. The van der Waals surface area contributed by atoms with E-state index in [1.54, 1.807) is 0 Å². The van der Waals surface area contributed by atoms with Gasteiger partial charge in [-0.05, 0) is 6.92 Å². The van der Waals surface area contributed by atoms with Gasteiger partial charge in [-0.3, -0.25) is 0 Å². The van der Waals surface area contributed by atoms with E-state index >= 15 is 0 Å². The first kappa shape index (κ1) is 11.5. The largest absolute Gasteiger partial charge is 0.462 e. The second-order valence-electron chi connectivity index (χ2n) is 3.21. The third-order valence-electron chi connectivity index (χ3n) is 2.08. The number of ether oxygens (including phenoxy) is 1. The van der Waals surface area contributed by atoms with Crippen molar-refractivity contribution in [3.8, 4) is 0 Å². The van der Waals surface area contributed by atoms with Crippen molar-refractivity contribution >= 4 is 5.97 Å². The van der Waals surface area contributed by atoms with Crippen molar-refractivity contribution in [1.29, 1.82) is 0 Å². The van der Waals surface area contributed by atoms with E-state index in [1.165, 1.54) is 6.08 Å². The molecule has 0 amide bonds. The molecular weight excluding hydrogens is 192 g/mol. The lowest BCUT2D eigenvalue weighted by atomic mass is 10.4. The maximum Gasteiger partial charge on any atom is 0.330 e. The number of imidazole rings is 1. The van der Waals surface area contributed by atoms with E-state index in [4.69, 9.17) is 4.74 Å².